The molecule has 0 bridgehead atoms. The number of carbonyl (C=O) groups is 1. The van der Waals surface area contributed by atoms with Crippen molar-refractivity contribution in [2.24, 2.45) is 0 Å². The van der Waals surface area contributed by atoms with Gasteiger partial charge in [0.2, 0.25) is 0 Å². The molecule has 2 heterocycles. The zero-order valence-electron chi connectivity index (χ0n) is 10.8. The van der Waals surface area contributed by atoms with Gasteiger partial charge in [-0.2, -0.15) is 11.8 Å². The number of methoxy groups -OCH3 is 1. The van der Waals surface area contributed by atoms with Crippen molar-refractivity contribution in [3.8, 4) is 0 Å². The minimum Gasteiger partial charge on any atom is -0.465 e. The number of rotatable bonds is 3. The summed E-state index contributed by atoms with van der Waals surface area (Å²) in [6.07, 6.45) is 2.87. The lowest BCUT2D eigenvalue weighted by atomic mass is 10.2. The van der Waals surface area contributed by atoms with Crippen LogP contribution in [0.4, 0.5) is 5.82 Å². The Morgan fingerprint density at radius 2 is 2.50 bits per heavy atom. The van der Waals surface area contributed by atoms with Crippen LogP contribution in [0.1, 0.15) is 23.7 Å². The number of aromatic nitrogens is 1. The summed E-state index contributed by atoms with van der Waals surface area (Å²) in [6.45, 7) is 4.07. The summed E-state index contributed by atoms with van der Waals surface area (Å²) in [4.78, 5) is 18.3. The first-order valence-electron chi connectivity index (χ1n) is 6.16. The van der Waals surface area contributed by atoms with E-state index in [-0.39, 0.29) is 5.97 Å². The molecule has 0 aromatic carbocycles. The molecule has 1 aliphatic heterocycles. The van der Waals surface area contributed by atoms with Gasteiger partial charge in [-0.1, -0.05) is 6.92 Å². The first kappa shape index (κ1) is 13.2. The maximum absolute atomic E-state index is 11.7. The van der Waals surface area contributed by atoms with Crippen LogP contribution in [0.5, 0.6) is 0 Å². The van der Waals surface area contributed by atoms with Crippen molar-refractivity contribution in [1.82, 2.24) is 4.98 Å². The van der Waals surface area contributed by atoms with Crippen molar-refractivity contribution < 1.29 is 9.53 Å². The van der Waals surface area contributed by atoms with E-state index >= 15 is 0 Å². The summed E-state index contributed by atoms with van der Waals surface area (Å²) in [5.41, 5.74) is 0.557. The molecule has 98 valence electrons. The Hall–Kier alpha value is -1.23. The van der Waals surface area contributed by atoms with Crippen molar-refractivity contribution in [1.29, 1.82) is 0 Å². The molecule has 5 heteroatoms. The van der Waals surface area contributed by atoms with Crippen molar-refractivity contribution >= 4 is 23.5 Å². The fourth-order valence-electron chi connectivity index (χ4n) is 2.08. The van der Waals surface area contributed by atoms with Crippen LogP contribution < -0.4 is 4.90 Å². The van der Waals surface area contributed by atoms with Gasteiger partial charge in [-0.3, -0.25) is 0 Å². The Balaban J connectivity index is 2.24. The van der Waals surface area contributed by atoms with Crippen molar-refractivity contribution in [3.63, 3.8) is 0 Å². The van der Waals surface area contributed by atoms with Crippen LogP contribution in [0.25, 0.3) is 0 Å². The van der Waals surface area contributed by atoms with Crippen LogP contribution in [0.3, 0.4) is 0 Å². The molecule has 1 saturated heterocycles. The average Bonchev–Trinajstić information content (AvgIpc) is 2.46. The zero-order chi connectivity index (χ0) is 13.0. The van der Waals surface area contributed by atoms with Gasteiger partial charge in [-0.25, -0.2) is 9.78 Å². The zero-order valence-corrected chi connectivity index (χ0v) is 11.6. The van der Waals surface area contributed by atoms with Crippen LogP contribution in [0.2, 0.25) is 0 Å². The minimum atomic E-state index is -0.315. The van der Waals surface area contributed by atoms with Gasteiger partial charge >= 0.3 is 5.97 Å². The van der Waals surface area contributed by atoms with E-state index in [0.29, 0.717) is 10.8 Å². The highest BCUT2D eigenvalue weighted by Crippen LogP contribution is 2.26. The summed E-state index contributed by atoms with van der Waals surface area (Å²) in [7, 11) is 1.40. The van der Waals surface area contributed by atoms with E-state index in [0.717, 1.165) is 31.1 Å². The van der Waals surface area contributed by atoms with Crippen molar-refractivity contribution in [2.75, 3.05) is 30.9 Å². The number of anilines is 1. The van der Waals surface area contributed by atoms with Crippen LogP contribution in [-0.4, -0.2) is 42.2 Å². The van der Waals surface area contributed by atoms with Crippen LogP contribution in [0.15, 0.2) is 18.3 Å². The minimum absolute atomic E-state index is 0.315. The van der Waals surface area contributed by atoms with Gasteiger partial charge in [0, 0.05) is 30.3 Å². The molecule has 1 fully saturated rings. The highest BCUT2D eigenvalue weighted by molar-refractivity contribution is 8.00. The third-order valence-corrected chi connectivity index (χ3v) is 4.46. The molecule has 0 aliphatic carbocycles. The van der Waals surface area contributed by atoms with E-state index in [9.17, 15) is 4.79 Å². The molecule has 0 unspecified atom stereocenters. The van der Waals surface area contributed by atoms with Gasteiger partial charge in [-0.15, -0.1) is 0 Å². The standard InChI is InChI=1S/C13H18N2O2S/c1-3-10-9-15(7-8-18-10)12-11(13(16)17-2)5-4-6-14-12/h4-6,10H,3,7-9H2,1-2H3/t10-/m1/s1. The second-order valence-electron chi connectivity index (χ2n) is 4.21. The van der Waals surface area contributed by atoms with Crippen molar-refractivity contribution in [2.45, 2.75) is 18.6 Å². The summed E-state index contributed by atoms with van der Waals surface area (Å²) < 4.78 is 4.81. The quantitative estimate of drug-likeness (QED) is 0.785. The lowest BCUT2D eigenvalue weighted by Crippen LogP contribution is -2.39. The molecule has 0 spiro atoms. The predicted molar refractivity (Wildman–Crippen MR) is 74.3 cm³/mol. The maximum Gasteiger partial charge on any atom is 0.341 e. The number of carbonyl (C=O) groups excluding carboxylic acids is 1. The molecule has 4 nitrogen and oxygen atoms in total. The molecule has 2 rings (SSSR count). The number of thioether (sulfide) groups is 1. The third-order valence-electron chi connectivity index (χ3n) is 3.09. The van der Waals surface area contributed by atoms with Gasteiger partial charge in [0.1, 0.15) is 11.4 Å². The van der Waals surface area contributed by atoms with Gasteiger partial charge in [0.05, 0.1) is 7.11 Å². The third kappa shape index (κ3) is 2.77. The lowest BCUT2D eigenvalue weighted by molar-refractivity contribution is 0.0601. The highest BCUT2D eigenvalue weighted by atomic mass is 32.2. The predicted octanol–water partition coefficient (Wildman–Crippen LogP) is 2.20. The second kappa shape index (κ2) is 6.09. The molecule has 1 aromatic rings. The SMILES string of the molecule is CC[C@@H]1CN(c2ncccc2C(=O)OC)CCS1. The van der Waals surface area contributed by atoms with E-state index in [2.05, 4.69) is 16.8 Å². The maximum atomic E-state index is 11.7. The first-order chi connectivity index (χ1) is 8.76. The summed E-state index contributed by atoms with van der Waals surface area (Å²) in [5, 5.41) is 0.617. The number of ether oxygens (including phenoxy) is 1. The molecular formula is C13H18N2O2S. The Kier molecular flexibility index (Phi) is 4.47. The summed E-state index contributed by atoms with van der Waals surface area (Å²) in [5.74, 6) is 1.52. The number of hydrogen-bond donors (Lipinski definition) is 0. The molecule has 0 saturated carbocycles. The Bertz CT molecular complexity index is 425. The highest BCUT2D eigenvalue weighted by Gasteiger charge is 2.24. The summed E-state index contributed by atoms with van der Waals surface area (Å²) >= 11 is 2.00. The fraction of sp³-hybridized carbons (Fsp3) is 0.538. The van der Waals surface area contributed by atoms with Gasteiger partial charge in [0.15, 0.2) is 0 Å². The van der Waals surface area contributed by atoms with E-state index in [1.165, 1.54) is 7.11 Å². The van der Waals surface area contributed by atoms with Gasteiger partial charge < -0.3 is 9.64 Å². The fourth-order valence-corrected chi connectivity index (χ4v) is 3.26. The molecule has 1 aromatic heterocycles. The second-order valence-corrected chi connectivity index (χ2v) is 5.62. The number of esters is 1. The molecule has 0 radical (unpaired) electrons. The lowest BCUT2D eigenvalue weighted by Gasteiger charge is -2.33. The van der Waals surface area contributed by atoms with E-state index in [1.807, 2.05) is 11.8 Å². The van der Waals surface area contributed by atoms with Crippen LogP contribution in [-0.2, 0) is 4.74 Å². The van der Waals surface area contributed by atoms with Crippen LogP contribution in [0, 0.1) is 0 Å². The normalized spacial score (nSPS) is 19.7. The molecule has 18 heavy (non-hydrogen) atoms. The van der Waals surface area contributed by atoms with Gasteiger partial charge in [-0.05, 0) is 18.6 Å². The van der Waals surface area contributed by atoms with Crippen molar-refractivity contribution in [3.05, 3.63) is 23.9 Å². The van der Waals surface area contributed by atoms with Gasteiger partial charge in [0.25, 0.3) is 0 Å². The Morgan fingerprint density at radius 1 is 1.67 bits per heavy atom. The van der Waals surface area contributed by atoms with E-state index in [1.54, 1.807) is 18.3 Å². The largest absolute Gasteiger partial charge is 0.465 e. The Labute approximate surface area is 112 Å². The topological polar surface area (TPSA) is 42.4 Å². The molecule has 0 N–H and O–H groups in total. The van der Waals surface area contributed by atoms with E-state index in [4.69, 9.17) is 4.74 Å². The molecule has 1 aliphatic rings. The smallest absolute Gasteiger partial charge is 0.341 e. The van der Waals surface area contributed by atoms with E-state index < -0.39 is 0 Å². The number of pyridine rings is 1. The molecular weight excluding hydrogens is 248 g/mol. The van der Waals surface area contributed by atoms with Crippen LogP contribution >= 0.6 is 11.8 Å². The number of hydrogen-bond acceptors (Lipinski definition) is 5. The summed E-state index contributed by atoms with van der Waals surface area (Å²) in [6, 6.07) is 3.54. The first-order valence-corrected chi connectivity index (χ1v) is 7.21. The monoisotopic (exact) mass is 266 g/mol. The Morgan fingerprint density at radius 3 is 3.22 bits per heavy atom. The average molecular weight is 266 g/mol. The molecule has 0 amide bonds. The number of nitrogens with zero attached hydrogens (tertiary/aromatic N) is 2. The molecule has 1 atom stereocenters.